The van der Waals surface area contributed by atoms with Gasteiger partial charge in [0.1, 0.15) is 0 Å². The van der Waals surface area contributed by atoms with E-state index in [0.717, 1.165) is 5.56 Å². The third-order valence-electron chi connectivity index (χ3n) is 2.93. The van der Waals surface area contributed by atoms with Crippen LogP contribution in [0.5, 0.6) is 5.75 Å². The first-order chi connectivity index (χ1) is 8.90. The van der Waals surface area contributed by atoms with Crippen molar-refractivity contribution in [2.24, 2.45) is 5.73 Å². The summed E-state index contributed by atoms with van der Waals surface area (Å²) in [5, 5.41) is 2.71. The summed E-state index contributed by atoms with van der Waals surface area (Å²) in [5.74, 6) is -0.370. The van der Waals surface area contributed by atoms with E-state index in [9.17, 15) is 9.18 Å². The molecule has 0 fully saturated rings. The largest absolute Gasteiger partial charge is 0.491 e. The lowest BCUT2D eigenvalue weighted by Crippen LogP contribution is -2.39. The Morgan fingerprint density at radius 2 is 2.16 bits per heavy atom. The lowest BCUT2D eigenvalue weighted by Gasteiger charge is -2.26. The Bertz CT molecular complexity index is 447. The van der Waals surface area contributed by atoms with Crippen LogP contribution in [0.4, 0.5) is 4.39 Å². The van der Waals surface area contributed by atoms with Crippen LogP contribution in [-0.4, -0.2) is 25.6 Å². The van der Waals surface area contributed by atoms with Gasteiger partial charge in [0.2, 0.25) is 5.91 Å². The van der Waals surface area contributed by atoms with Gasteiger partial charge >= 0.3 is 0 Å². The number of nitrogens with one attached hydrogen (secondary N) is 1. The maximum Gasteiger partial charge on any atom is 0.233 e. The van der Waals surface area contributed by atoms with Crippen LogP contribution in [0, 0.1) is 5.82 Å². The summed E-state index contributed by atoms with van der Waals surface area (Å²) in [5.41, 5.74) is 5.65. The Labute approximate surface area is 113 Å². The van der Waals surface area contributed by atoms with Crippen molar-refractivity contribution in [2.75, 3.05) is 19.7 Å². The molecule has 1 amide bonds. The summed E-state index contributed by atoms with van der Waals surface area (Å²) in [7, 11) is 0. The summed E-state index contributed by atoms with van der Waals surface area (Å²) in [6, 6.07) is 4.86. The van der Waals surface area contributed by atoms with Gasteiger partial charge in [-0.2, -0.15) is 0 Å². The predicted molar refractivity (Wildman–Crippen MR) is 72.7 cm³/mol. The van der Waals surface area contributed by atoms with E-state index in [1.165, 1.54) is 6.07 Å². The fourth-order valence-corrected chi connectivity index (χ4v) is 1.69. The molecule has 0 bridgehead atoms. The molecule has 106 valence electrons. The van der Waals surface area contributed by atoms with E-state index in [-0.39, 0.29) is 23.6 Å². The molecular formula is C14H21FN2O2. The molecule has 0 saturated carbocycles. The number of rotatable bonds is 6. The molecule has 0 heterocycles. The van der Waals surface area contributed by atoms with Gasteiger partial charge in [-0.3, -0.25) is 4.79 Å². The van der Waals surface area contributed by atoms with Crippen molar-refractivity contribution in [2.45, 2.75) is 26.2 Å². The maximum atomic E-state index is 13.8. The van der Waals surface area contributed by atoms with Crippen LogP contribution >= 0.6 is 0 Å². The number of nitrogens with two attached hydrogens (primary N) is 1. The van der Waals surface area contributed by atoms with E-state index >= 15 is 0 Å². The standard InChI is InChI=1S/C14H21FN2O2/c1-4-19-12-6-5-10(7-11(12)15)14(2,3)9-17-13(18)8-16/h5-7H,4,8-9,16H2,1-3H3,(H,17,18). The molecule has 0 spiro atoms. The molecule has 0 aromatic heterocycles. The predicted octanol–water partition coefficient (Wildman–Crippen LogP) is 1.58. The maximum absolute atomic E-state index is 13.8. The molecule has 0 radical (unpaired) electrons. The molecule has 0 aliphatic carbocycles. The van der Waals surface area contributed by atoms with Crippen LogP contribution in [0.1, 0.15) is 26.3 Å². The normalized spacial score (nSPS) is 11.2. The molecule has 0 atom stereocenters. The fraction of sp³-hybridized carbons (Fsp3) is 0.500. The summed E-state index contributed by atoms with van der Waals surface area (Å²) in [4.78, 5) is 11.2. The molecule has 0 saturated heterocycles. The van der Waals surface area contributed by atoms with Gasteiger partial charge in [-0.25, -0.2) is 4.39 Å². The number of carbonyl (C=O) groups is 1. The number of ether oxygens (including phenoxy) is 1. The Hall–Kier alpha value is -1.62. The molecule has 5 heteroatoms. The minimum atomic E-state index is -0.391. The minimum absolute atomic E-state index is 0.0479. The van der Waals surface area contributed by atoms with Crippen molar-refractivity contribution < 1.29 is 13.9 Å². The molecule has 1 aromatic carbocycles. The molecule has 19 heavy (non-hydrogen) atoms. The first kappa shape index (κ1) is 15.4. The highest BCUT2D eigenvalue weighted by atomic mass is 19.1. The van der Waals surface area contributed by atoms with Gasteiger partial charge < -0.3 is 15.8 Å². The molecule has 0 aliphatic heterocycles. The van der Waals surface area contributed by atoms with Gasteiger partial charge in [0, 0.05) is 12.0 Å². The number of hydrogen-bond acceptors (Lipinski definition) is 3. The molecule has 1 rings (SSSR count). The quantitative estimate of drug-likeness (QED) is 0.823. The highest BCUT2D eigenvalue weighted by molar-refractivity contribution is 5.77. The number of amides is 1. The van der Waals surface area contributed by atoms with Crippen LogP contribution in [-0.2, 0) is 10.2 Å². The zero-order valence-electron chi connectivity index (χ0n) is 11.6. The van der Waals surface area contributed by atoms with Crippen molar-refractivity contribution in [3.8, 4) is 5.75 Å². The molecular weight excluding hydrogens is 247 g/mol. The van der Waals surface area contributed by atoms with Crippen molar-refractivity contribution >= 4 is 5.91 Å². The van der Waals surface area contributed by atoms with Crippen molar-refractivity contribution in [3.63, 3.8) is 0 Å². The van der Waals surface area contributed by atoms with E-state index in [2.05, 4.69) is 5.32 Å². The highest BCUT2D eigenvalue weighted by Crippen LogP contribution is 2.27. The van der Waals surface area contributed by atoms with Crippen LogP contribution in [0.25, 0.3) is 0 Å². The fourth-order valence-electron chi connectivity index (χ4n) is 1.69. The highest BCUT2D eigenvalue weighted by Gasteiger charge is 2.22. The summed E-state index contributed by atoms with van der Waals surface area (Å²) in [6.07, 6.45) is 0. The average molecular weight is 268 g/mol. The van der Waals surface area contributed by atoms with E-state index in [1.807, 2.05) is 19.9 Å². The Balaban J connectivity index is 2.83. The van der Waals surface area contributed by atoms with E-state index in [4.69, 9.17) is 10.5 Å². The second-order valence-electron chi connectivity index (χ2n) is 4.94. The smallest absolute Gasteiger partial charge is 0.233 e. The number of benzene rings is 1. The minimum Gasteiger partial charge on any atom is -0.491 e. The number of carbonyl (C=O) groups excluding carboxylic acids is 1. The molecule has 1 aromatic rings. The number of halogens is 1. The first-order valence-electron chi connectivity index (χ1n) is 6.30. The first-order valence-corrected chi connectivity index (χ1v) is 6.30. The van der Waals surface area contributed by atoms with Crippen molar-refractivity contribution in [1.29, 1.82) is 0 Å². The van der Waals surface area contributed by atoms with Gasteiger partial charge in [-0.05, 0) is 24.6 Å². The Morgan fingerprint density at radius 3 is 2.68 bits per heavy atom. The number of hydrogen-bond donors (Lipinski definition) is 2. The SMILES string of the molecule is CCOc1ccc(C(C)(C)CNC(=O)CN)cc1F. The van der Waals surface area contributed by atoms with Gasteiger partial charge in [0.15, 0.2) is 11.6 Å². The third kappa shape index (κ3) is 4.21. The van der Waals surface area contributed by atoms with Crippen LogP contribution in [0.2, 0.25) is 0 Å². The average Bonchev–Trinajstić information content (AvgIpc) is 2.38. The van der Waals surface area contributed by atoms with E-state index in [0.29, 0.717) is 13.2 Å². The summed E-state index contributed by atoms with van der Waals surface area (Å²) >= 11 is 0. The lowest BCUT2D eigenvalue weighted by molar-refractivity contribution is -0.119. The second kappa shape index (κ2) is 6.52. The Kier molecular flexibility index (Phi) is 5.30. The summed E-state index contributed by atoms with van der Waals surface area (Å²) in [6.45, 7) is 6.44. The van der Waals surface area contributed by atoms with E-state index in [1.54, 1.807) is 13.0 Å². The van der Waals surface area contributed by atoms with Crippen molar-refractivity contribution in [1.82, 2.24) is 5.32 Å². The van der Waals surface area contributed by atoms with Crippen molar-refractivity contribution in [3.05, 3.63) is 29.6 Å². The zero-order chi connectivity index (χ0) is 14.5. The Morgan fingerprint density at radius 1 is 1.47 bits per heavy atom. The van der Waals surface area contributed by atoms with Gasteiger partial charge in [0.25, 0.3) is 0 Å². The monoisotopic (exact) mass is 268 g/mol. The van der Waals surface area contributed by atoms with Gasteiger partial charge in [-0.15, -0.1) is 0 Å². The summed E-state index contributed by atoms with van der Waals surface area (Å²) < 4.78 is 19.0. The van der Waals surface area contributed by atoms with Crippen LogP contribution in [0.15, 0.2) is 18.2 Å². The van der Waals surface area contributed by atoms with Gasteiger partial charge in [-0.1, -0.05) is 19.9 Å². The molecule has 4 nitrogen and oxygen atoms in total. The zero-order valence-corrected chi connectivity index (χ0v) is 11.6. The molecule has 0 unspecified atom stereocenters. The van der Waals surface area contributed by atoms with Crippen LogP contribution < -0.4 is 15.8 Å². The topological polar surface area (TPSA) is 64.3 Å². The van der Waals surface area contributed by atoms with Gasteiger partial charge in [0.05, 0.1) is 13.2 Å². The van der Waals surface area contributed by atoms with Crippen LogP contribution in [0.3, 0.4) is 0 Å². The lowest BCUT2D eigenvalue weighted by atomic mass is 9.84. The second-order valence-corrected chi connectivity index (χ2v) is 4.94. The third-order valence-corrected chi connectivity index (χ3v) is 2.93. The molecule has 0 aliphatic rings. The van der Waals surface area contributed by atoms with E-state index < -0.39 is 5.82 Å². The molecule has 3 N–H and O–H groups in total.